The second-order valence-electron chi connectivity index (χ2n) is 6.28. The first-order valence-corrected chi connectivity index (χ1v) is 8.38. The Morgan fingerprint density at radius 3 is 2.62 bits per heavy atom. The Kier molecular flexibility index (Phi) is 5.16. The Morgan fingerprint density at radius 1 is 1.21 bits per heavy atom. The number of likely N-dealkylation sites (tertiary alicyclic amines) is 1. The van der Waals surface area contributed by atoms with Gasteiger partial charge in [-0.1, -0.05) is 48.5 Å². The summed E-state index contributed by atoms with van der Waals surface area (Å²) in [4.78, 5) is 14.1. The predicted molar refractivity (Wildman–Crippen MR) is 93.7 cm³/mol. The highest BCUT2D eigenvalue weighted by atomic mass is 16.5. The number of para-hydroxylation sites is 1. The fourth-order valence-electron chi connectivity index (χ4n) is 3.09. The molecule has 0 spiro atoms. The molecule has 1 heterocycles. The topological polar surface area (TPSA) is 49.8 Å². The van der Waals surface area contributed by atoms with Crippen molar-refractivity contribution >= 4 is 5.91 Å². The zero-order chi connectivity index (χ0) is 16.9. The summed E-state index contributed by atoms with van der Waals surface area (Å²) < 4.78 is 5.81. The second kappa shape index (κ2) is 7.49. The molecule has 3 rings (SSSR count). The van der Waals surface area contributed by atoms with E-state index in [1.54, 1.807) is 11.8 Å². The molecule has 4 nitrogen and oxygen atoms in total. The highest BCUT2D eigenvalue weighted by Crippen LogP contribution is 2.29. The molecule has 126 valence electrons. The Labute approximate surface area is 142 Å². The number of benzene rings is 2. The lowest BCUT2D eigenvalue weighted by Crippen LogP contribution is -2.34. The molecule has 4 heteroatoms. The van der Waals surface area contributed by atoms with Crippen molar-refractivity contribution in [1.82, 2.24) is 4.90 Å². The minimum absolute atomic E-state index is 0.0242. The lowest BCUT2D eigenvalue weighted by Gasteiger charge is -2.18. The van der Waals surface area contributed by atoms with Crippen LogP contribution in [0, 0.1) is 5.92 Å². The van der Waals surface area contributed by atoms with Crippen LogP contribution >= 0.6 is 0 Å². The van der Waals surface area contributed by atoms with Crippen molar-refractivity contribution in [3.8, 4) is 16.9 Å². The number of amides is 1. The summed E-state index contributed by atoms with van der Waals surface area (Å²) in [5.74, 6) is 0.856. The van der Waals surface area contributed by atoms with E-state index in [2.05, 4.69) is 0 Å². The van der Waals surface area contributed by atoms with Gasteiger partial charge in [0, 0.05) is 24.6 Å². The minimum atomic E-state index is -0.373. The molecule has 1 fully saturated rings. The van der Waals surface area contributed by atoms with Gasteiger partial charge in [-0.2, -0.15) is 0 Å². The largest absolute Gasteiger partial charge is 0.483 e. The molecule has 1 aliphatic rings. The van der Waals surface area contributed by atoms with E-state index in [1.807, 2.05) is 54.6 Å². The van der Waals surface area contributed by atoms with Gasteiger partial charge in [-0.05, 0) is 25.0 Å². The summed E-state index contributed by atoms with van der Waals surface area (Å²) >= 11 is 0. The second-order valence-corrected chi connectivity index (χ2v) is 6.28. The van der Waals surface area contributed by atoms with Crippen LogP contribution in [0.2, 0.25) is 0 Å². The molecule has 1 amide bonds. The van der Waals surface area contributed by atoms with E-state index >= 15 is 0 Å². The third-order valence-electron chi connectivity index (χ3n) is 4.58. The molecular formula is C20H23NO3. The fourth-order valence-corrected chi connectivity index (χ4v) is 3.09. The Hall–Kier alpha value is -2.33. The van der Waals surface area contributed by atoms with Crippen LogP contribution in [0.5, 0.6) is 5.75 Å². The number of aliphatic hydroxyl groups is 1. The summed E-state index contributed by atoms with van der Waals surface area (Å²) in [6.45, 7) is 3.11. The van der Waals surface area contributed by atoms with Crippen LogP contribution in [0.4, 0.5) is 0 Å². The summed E-state index contributed by atoms with van der Waals surface area (Å²) in [6.07, 6.45) is 0.479. The third kappa shape index (κ3) is 3.77. The molecule has 0 saturated carbocycles. The van der Waals surface area contributed by atoms with Crippen LogP contribution < -0.4 is 4.74 Å². The number of hydrogen-bond acceptors (Lipinski definition) is 3. The maximum absolute atomic E-state index is 12.4. The molecule has 1 aliphatic heterocycles. The molecule has 24 heavy (non-hydrogen) atoms. The summed E-state index contributed by atoms with van der Waals surface area (Å²) in [5, 5.41) is 9.65. The average molecular weight is 325 g/mol. The van der Waals surface area contributed by atoms with Gasteiger partial charge in [0.1, 0.15) is 5.75 Å². The van der Waals surface area contributed by atoms with E-state index in [4.69, 9.17) is 4.74 Å². The van der Waals surface area contributed by atoms with Crippen molar-refractivity contribution in [2.45, 2.75) is 19.4 Å². The molecule has 0 bridgehead atoms. The number of rotatable bonds is 5. The molecule has 2 atom stereocenters. The van der Waals surface area contributed by atoms with Crippen molar-refractivity contribution in [3.05, 3.63) is 54.6 Å². The first kappa shape index (κ1) is 16.5. The molecule has 0 aromatic heterocycles. The van der Waals surface area contributed by atoms with Crippen molar-refractivity contribution < 1.29 is 14.6 Å². The highest BCUT2D eigenvalue weighted by Gasteiger charge is 2.29. The fraction of sp³-hybridized carbons (Fsp3) is 0.350. The first-order chi connectivity index (χ1) is 11.6. The number of ether oxygens (including phenoxy) is 1. The van der Waals surface area contributed by atoms with Crippen molar-refractivity contribution in [3.63, 3.8) is 0 Å². The smallest absolute Gasteiger partial charge is 0.260 e. The van der Waals surface area contributed by atoms with Gasteiger partial charge < -0.3 is 14.7 Å². The predicted octanol–water partition coefficient (Wildman–Crippen LogP) is 2.96. The third-order valence-corrected chi connectivity index (χ3v) is 4.58. The van der Waals surface area contributed by atoms with Crippen LogP contribution in [0.15, 0.2) is 54.6 Å². The van der Waals surface area contributed by atoms with Gasteiger partial charge in [0.05, 0.1) is 6.10 Å². The van der Waals surface area contributed by atoms with Crippen molar-refractivity contribution in [2.75, 3.05) is 19.7 Å². The zero-order valence-corrected chi connectivity index (χ0v) is 13.9. The number of carbonyl (C=O) groups is 1. The minimum Gasteiger partial charge on any atom is -0.483 e. The van der Waals surface area contributed by atoms with Gasteiger partial charge in [0.25, 0.3) is 5.91 Å². The van der Waals surface area contributed by atoms with Crippen LogP contribution in [-0.2, 0) is 4.79 Å². The highest BCUT2D eigenvalue weighted by molar-refractivity contribution is 5.78. The van der Waals surface area contributed by atoms with E-state index in [0.29, 0.717) is 18.8 Å². The molecule has 2 aromatic rings. The molecule has 1 N–H and O–H groups in total. The number of aliphatic hydroxyl groups excluding tert-OH is 1. The number of hydrogen-bond donors (Lipinski definition) is 1. The standard InChI is InChI=1S/C20H23NO3/c1-15(22)17-11-12-21(13-17)20(23)14-24-19-10-6-5-9-18(19)16-7-3-2-4-8-16/h2-10,15,17,22H,11-14H2,1H3. The number of nitrogens with zero attached hydrogens (tertiary/aromatic N) is 1. The molecule has 0 aliphatic carbocycles. The Morgan fingerprint density at radius 2 is 1.92 bits per heavy atom. The summed E-state index contributed by atoms with van der Waals surface area (Å²) in [6, 6.07) is 17.7. The first-order valence-electron chi connectivity index (χ1n) is 8.38. The maximum Gasteiger partial charge on any atom is 0.260 e. The van der Waals surface area contributed by atoms with E-state index in [9.17, 15) is 9.90 Å². The lowest BCUT2D eigenvalue weighted by atomic mass is 10.0. The normalized spacial score (nSPS) is 18.4. The van der Waals surface area contributed by atoms with Gasteiger partial charge >= 0.3 is 0 Å². The van der Waals surface area contributed by atoms with Crippen LogP contribution in [0.25, 0.3) is 11.1 Å². The molecule has 2 unspecified atom stereocenters. The summed E-state index contributed by atoms with van der Waals surface area (Å²) in [7, 11) is 0. The Balaban J connectivity index is 1.64. The molecular weight excluding hydrogens is 302 g/mol. The van der Waals surface area contributed by atoms with Gasteiger partial charge in [-0.3, -0.25) is 4.79 Å². The molecule has 0 radical (unpaired) electrons. The van der Waals surface area contributed by atoms with E-state index in [0.717, 1.165) is 17.5 Å². The molecule has 2 aromatic carbocycles. The van der Waals surface area contributed by atoms with Crippen molar-refractivity contribution in [1.29, 1.82) is 0 Å². The lowest BCUT2D eigenvalue weighted by molar-refractivity contribution is -0.132. The van der Waals surface area contributed by atoms with Gasteiger partial charge in [0.2, 0.25) is 0 Å². The summed E-state index contributed by atoms with van der Waals surface area (Å²) in [5.41, 5.74) is 2.05. The Bertz CT molecular complexity index is 684. The maximum atomic E-state index is 12.4. The van der Waals surface area contributed by atoms with Crippen LogP contribution in [0.1, 0.15) is 13.3 Å². The van der Waals surface area contributed by atoms with Gasteiger partial charge in [-0.25, -0.2) is 0 Å². The zero-order valence-electron chi connectivity index (χ0n) is 13.9. The molecule has 1 saturated heterocycles. The van der Waals surface area contributed by atoms with Crippen molar-refractivity contribution in [2.24, 2.45) is 5.92 Å². The van der Waals surface area contributed by atoms with E-state index in [1.165, 1.54) is 0 Å². The van der Waals surface area contributed by atoms with Crippen LogP contribution in [0.3, 0.4) is 0 Å². The van der Waals surface area contributed by atoms with Crippen LogP contribution in [-0.4, -0.2) is 41.7 Å². The van der Waals surface area contributed by atoms with Gasteiger partial charge in [0.15, 0.2) is 6.61 Å². The van der Waals surface area contributed by atoms with E-state index < -0.39 is 0 Å². The van der Waals surface area contributed by atoms with Gasteiger partial charge in [-0.15, -0.1) is 0 Å². The monoisotopic (exact) mass is 325 g/mol. The SMILES string of the molecule is CC(O)C1CCN(C(=O)COc2ccccc2-c2ccccc2)C1. The van der Waals surface area contributed by atoms with E-state index in [-0.39, 0.29) is 24.5 Å². The quantitative estimate of drug-likeness (QED) is 0.919. The number of carbonyl (C=O) groups excluding carboxylic acids is 1. The average Bonchev–Trinajstić information content (AvgIpc) is 3.11.